The Morgan fingerprint density at radius 2 is 2.43 bits per heavy atom. The number of thiazole rings is 1. The van der Waals surface area contributed by atoms with Gasteiger partial charge in [-0.05, 0) is 24.8 Å². The van der Waals surface area contributed by atoms with Crippen LogP contribution >= 0.6 is 22.7 Å². The van der Waals surface area contributed by atoms with Gasteiger partial charge in [0, 0.05) is 24.0 Å². The summed E-state index contributed by atoms with van der Waals surface area (Å²) in [5.74, 6) is 0.0910. The van der Waals surface area contributed by atoms with Crippen molar-refractivity contribution < 1.29 is 9.53 Å². The van der Waals surface area contributed by atoms with Gasteiger partial charge in [0.1, 0.15) is 9.88 Å². The third kappa shape index (κ3) is 3.02. The molecule has 2 aromatic rings. The predicted molar refractivity (Wildman–Crippen MR) is 86.1 cm³/mol. The minimum absolute atomic E-state index is 0.0910. The SMILES string of the molecule is CC[C@H]1CN(C(=O)c2sc(-c3ccsc3)nc2C)CCO1. The van der Waals surface area contributed by atoms with Crippen LogP contribution < -0.4 is 0 Å². The van der Waals surface area contributed by atoms with E-state index in [1.807, 2.05) is 23.3 Å². The quantitative estimate of drug-likeness (QED) is 0.869. The lowest BCUT2D eigenvalue weighted by atomic mass is 10.2. The van der Waals surface area contributed by atoms with Gasteiger partial charge in [0.25, 0.3) is 5.91 Å². The zero-order valence-corrected chi connectivity index (χ0v) is 13.8. The molecule has 3 rings (SSSR count). The highest BCUT2D eigenvalue weighted by Crippen LogP contribution is 2.30. The molecule has 0 unspecified atom stereocenters. The number of carbonyl (C=O) groups is 1. The number of hydrogen-bond donors (Lipinski definition) is 0. The Morgan fingerprint density at radius 3 is 3.14 bits per heavy atom. The molecule has 4 nitrogen and oxygen atoms in total. The lowest BCUT2D eigenvalue weighted by Crippen LogP contribution is -2.45. The minimum Gasteiger partial charge on any atom is -0.375 e. The lowest BCUT2D eigenvalue weighted by molar-refractivity contribution is -0.0224. The lowest BCUT2D eigenvalue weighted by Gasteiger charge is -2.32. The molecule has 0 N–H and O–H groups in total. The molecule has 1 fully saturated rings. The summed E-state index contributed by atoms with van der Waals surface area (Å²) in [5.41, 5.74) is 1.92. The second kappa shape index (κ2) is 6.25. The van der Waals surface area contributed by atoms with Crippen molar-refractivity contribution in [3.8, 4) is 10.6 Å². The monoisotopic (exact) mass is 322 g/mol. The maximum atomic E-state index is 12.7. The van der Waals surface area contributed by atoms with Crippen molar-refractivity contribution in [2.24, 2.45) is 0 Å². The molecule has 3 heterocycles. The standard InChI is InChI=1S/C15H18N2O2S2/c1-3-12-8-17(5-6-19-12)15(18)13-10(2)16-14(21-13)11-4-7-20-9-11/h4,7,9,12H,3,5-6,8H2,1-2H3/t12-/m0/s1. The first-order chi connectivity index (χ1) is 10.2. The summed E-state index contributed by atoms with van der Waals surface area (Å²) in [4.78, 5) is 19.9. The van der Waals surface area contributed by atoms with Crippen LogP contribution in [0.25, 0.3) is 10.6 Å². The number of ether oxygens (including phenoxy) is 1. The molecule has 0 radical (unpaired) electrons. The van der Waals surface area contributed by atoms with Crippen LogP contribution in [0.1, 0.15) is 28.7 Å². The van der Waals surface area contributed by atoms with Gasteiger partial charge in [0.2, 0.25) is 0 Å². The maximum Gasteiger partial charge on any atom is 0.266 e. The highest BCUT2D eigenvalue weighted by atomic mass is 32.1. The summed E-state index contributed by atoms with van der Waals surface area (Å²) in [7, 11) is 0. The predicted octanol–water partition coefficient (Wildman–Crippen LogP) is 3.43. The van der Waals surface area contributed by atoms with Crippen molar-refractivity contribution in [3.63, 3.8) is 0 Å². The Balaban J connectivity index is 1.81. The zero-order valence-electron chi connectivity index (χ0n) is 12.2. The van der Waals surface area contributed by atoms with Crippen molar-refractivity contribution in [3.05, 3.63) is 27.4 Å². The van der Waals surface area contributed by atoms with Crippen LogP contribution in [0.15, 0.2) is 16.8 Å². The molecular weight excluding hydrogens is 304 g/mol. The van der Waals surface area contributed by atoms with Crippen LogP contribution in [-0.2, 0) is 4.74 Å². The maximum absolute atomic E-state index is 12.7. The van der Waals surface area contributed by atoms with E-state index >= 15 is 0 Å². The van der Waals surface area contributed by atoms with Gasteiger partial charge in [-0.25, -0.2) is 4.98 Å². The van der Waals surface area contributed by atoms with Gasteiger partial charge in [0.15, 0.2) is 0 Å². The molecule has 0 spiro atoms. The molecule has 112 valence electrons. The molecular formula is C15H18N2O2S2. The summed E-state index contributed by atoms with van der Waals surface area (Å²) in [6.45, 7) is 5.98. The summed E-state index contributed by atoms with van der Waals surface area (Å²) in [5, 5.41) is 5.02. The highest BCUT2D eigenvalue weighted by Gasteiger charge is 2.27. The van der Waals surface area contributed by atoms with Gasteiger partial charge in [-0.15, -0.1) is 11.3 Å². The second-order valence-electron chi connectivity index (χ2n) is 5.10. The third-order valence-electron chi connectivity index (χ3n) is 3.64. The first-order valence-corrected chi connectivity index (χ1v) is 8.86. The van der Waals surface area contributed by atoms with E-state index in [0.29, 0.717) is 19.7 Å². The fraction of sp³-hybridized carbons (Fsp3) is 0.467. The molecule has 1 aliphatic heterocycles. The van der Waals surface area contributed by atoms with Gasteiger partial charge in [0.05, 0.1) is 18.4 Å². The smallest absolute Gasteiger partial charge is 0.266 e. The van der Waals surface area contributed by atoms with E-state index < -0.39 is 0 Å². The number of rotatable bonds is 3. The van der Waals surface area contributed by atoms with Crippen molar-refractivity contribution >= 4 is 28.6 Å². The molecule has 1 atom stereocenters. The molecule has 6 heteroatoms. The molecule has 0 aliphatic carbocycles. The van der Waals surface area contributed by atoms with Crippen molar-refractivity contribution in [1.82, 2.24) is 9.88 Å². The average Bonchev–Trinajstić information content (AvgIpc) is 3.16. The van der Waals surface area contributed by atoms with Crippen LogP contribution in [0.2, 0.25) is 0 Å². The Morgan fingerprint density at radius 1 is 1.57 bits per heavy atom. The van der Waals surface area contributed by atoms with Crippen LogP contribution in [0, 0.1) is 6.92 Å². The van der Waals surface area contributed by atoms with E-state index in [4.69, 9.17) is 4.74 Å². The summed E-state index contributed by atoms with van der Waals surface area (Å²) in [6, 6.07) is 2.04. The van der Waals surface area contributed by atoms with E-state index in [2.05, 4.69) is 17.3 Å². The first kappa shape index (κ1) is 14.7. The van der Waals surface area contributed by atoms with Gasteiger partial charge >= 0.3 is 0 Å². The van der Waals surface area contributed by atoms with Crippen LogP contribution in [0.5, 0.6) is 0 Å². The number of amides is 1. The van der Waals surface area contributed by atoms with E-state index in [-0.39, 0.29) is 12.0 Å². The molecule has 2 aromatic heterocycles. The molecule has 0 saturated carbocycles. The van der Waals surface area contributed by atoms with E-state index in [1.54, 1.807) is 11.3 Å². The summed E-state index contributed by atoms with van der Waals surface area (Å²) < 4.78 is 5.63. The Kier molecular flexibility index (Phi) is 4.37. The van der Waals surface area contributed by atoms with Crippen LogP contribution in [0.4, 0.5) is 0 Å². The van der Waals surface area contributed by atoms with E-state index in [9.17, 15) is 4.79 Å². The molecule has 21 heavy (non-hydrogen) atoms. The highest BCUT2D eigenvalue weighted by molar-refractivity contribution is 7.17. The number of aryl methyl sites for hydroxylation is 1. The Bertz CT molecular complexity index is 622. The average molecular weight is 322 g/mol. The fourth-order valence-electron chi connectivity index (χ4n) is 2.40. The number of hydrogen-bond acceptors (Lipinski definition) is 5. The summed E-state index contributed by atoms with van der Waals surface area (Å²) >= 11 is 3.14. The number of thiophene rings is 1. The molecule has 0 aromatic carbocycles. The zero-order chi connectivity index (χ0) is 14.8. The third-order valence-corrected chi connectivity index (χ3v) is 5.52. The number of morpholine rings is 1. The Labute approximate surface area is 132 Å². The first-order valence-electron chi connectivity index (χ1n) is 7.10. The minimum atomic E-state index is 0.0910. The number of aromatic nitrogens is 1. The normalized spacial score (nSPS) is 19.0. The number of carbonyl (C=O) groups excluding carboxylic acids is 1. The van der Waals surface area contributed by atoms with Crippen molar-refractivity contribution in [1.29, 1.82) is 0 Å². The largest absolute Gasteiger partial charge is 0.375 e. The van der Waals surface area contributed by atoms with E-state index in [0.717, 1.165) is 27.6 Å². The van der Waals surface area contributed by atoms with Gasteiger partial charge in [-0.1, -0.05) is 6.92 Å². The molecule has 1 amide bonds. The topological polar surface area (TPSA) is 42.4 Å². The molecule has 1 aliphatic rings. The van der Waals surface area contributed by atoms with Crippen LogP contribution in [0.3, 0.4) is 0 Å². The van der Waals surface area contributed by atoms with Gasteiger partial charge < -0.3 is 9.64 Å². The van der Waals surface area contributed by atoms with Crippen molar-refractivity contribution in [2.45, 2.75) is 26.4 Å². The number of nitrogens with zero attached hydrogens (tertiary/aromatic N) is 2. The molecule has 0 bridgehead atoms. The van der Waals surface area contributed by atoms with Gasteiger partial charge in [-0.3, -0.25) is 4.79 Å². The van der Waals surface area contributed by atoms with E-state index in [1.165, 1.54) is 11.3 Å². The molecule has 1 saturated heterocycles. The summed E-state index contributed by atoms with van der Waals surface area (Å²) in [6.07, 6.45) is 1.10. The fourth-order valence-corrected chi connectivity index (χ4v) is 4.14. The van der Waals surface area contributed by atoms with Crippen LogP contribution in [-0.4, -0.2) is 41.6 Å². The van der Waals surface area contributed by atoms with Crippen molar-refractivity contribution in [2.75, 3.05) is 19.7 Å². The van der Waals surface area contributed by atoms with Gasteiger partial charge in [-0.2, -0.15) is 11.3 Å². The Hall–Kier alpha value is -1.24. The second-order valence-corrected chi connectivity index (χ2v) is 6.88.